The number of aromatic hydroxyl groups is 1. The van der Waals surface area contributed by atoms with E-state index in [2.05, 4.69) is 0 Å². The van der Waals surface area contributed by atoms with Gasteiger partial charge in [-0.2, -0.15) is 0 Å². The third kappa shape index (κ3) is 2.52. The molecule has 0 amide bonds. The van der Waals surface area contributed by atoms with Crippen LogP contribution in [-0.4, -0.2) is 16.2 Å². The van der Waals surface area contributed by atoms with E-state index >= 15 is 0 Å². The van der Waals surface area contributed by atoms with E-state index < -0.39 is 5.97 Å². The number of hydrogen-bond donors (Lipinski definition) is 3. The summed E-state index contributed by atoms with van der Waals surface area (Å²) in [6, 6.07) is 1.81. The molecule has 4 heteroatoms. The third-order valence-corrected chi connectivity index (χ3v) is 2.77. The maximum atomic E-state index is 10.5. The minimum atomic E-state index is -0.827. The van der Waals surface area contributed by atoms with E-state index in [1.807, 2.05) is 6.07 Å². The van der Waals surface area contributed by atoms with Crippen LogP contribution in [0.25, 0.3) is 0 Å². The second-order valence-electron chi connectivity index (χ2n) is 3.90. The van der Waals surface area contributed by atoms with Crippen LogP contribution >= 0.6 is 0 Å². The average molecular weight is 223 g/mol. The lowest BCUT2D eigenvalue weighted by molar-refractivity contribution is -0.136. The molecule has 4 nitrogen and oxygen atoms in total. The number of aliphatic carboxylic acids is 1. The van der Waals surface area contributed by atoms with Crippen molar-refractivity contribution in [2.45, 2.75) is 33.2 Å². The average Bonchev–Trinajstić information content (AvgIpc) is 2.23. The lowest BCUT2D eigenvalue weighted by Crippen LogP contribution is -2.07. The van der Waals surface area contributed by atoms with Gasteiger partial charge in [0.1, 0.15) is 5.75 Å². The molecule has 88 valence electrons. The quantitative estimate of drug-likeness (QED) is 0.722. The molecule has 0 bridgehead atoms. The van der Waals surface area contributed by atoms with E-state index in [1.165, 1.54) is 0 Å². The number of phenols is 1. The molecule has 0 saturated carbocycles. The number of carboxylic acids is 1. The molecule has 0 radical (unpaired) electrons. The van der Waals surface area contributed by atoms with Crippen molar-refractivity contribution in [3.63, 3.8) is 0 Å². The van der Waals surface area contributed by atoms with Gasteiger partial charge in [-0.15, -0.1) is 0 Å². The SMILES string of the molecule is Cc1cc(CCC(=O)O)c(CN)c(C)c1O. The summed E-state index contributed by atoms with van der Waals surface area (Å²) >= 11 is 0. The van der Waals surface area contributed by atoms with E-state index in [1.54, 1.807) is 13.8 Å². The summed E-state index contributed by atoms with van der Waals surface area (Å²) in [5, 5.41) is 18.4. The largest absolute Gasteiger partial charge is 0.507 e. The summed E-state index contributed by atoms with van der Waals surface area (Å²) in [5.41, 5.74) is 8.90. The normalized spacial score (nSPS) is 10.4. The first-order valence-corrected chi connectivity index (χ1v) is 5.20. The Kier molecular flexibility index (Phi) is 3.90. The number of carbonyl (C=O) groups is 1. The lowest BCUT2D eigenvalue weighted by Gasteiger charge is -2.14. The van der Waals surface area contributed by atoms with Gasteiger partial charge in [-0.3, -0.25) is 4.79 Å². The second kappa shape index (κ2) is 4.99. The zero-order valence-corrected chi connectivity index (χ0v) is 9.58. The maximum Gasteiger partial charge on any atom is 0.303 e. The van der Waals surface area contributed by atoms with Crippen molar-refractivity contribution in [2.75, 3.05) is 0 Å². The van der Waals surface area contributed by atoms with Gasteiger partial charge in [0.2, 0.25) is 0 Å². The molecule has 0 spiro atoms. The van der Waals surface area contributed by atoms with Crippen molar-refractivity contribution in [1.82, 2.24) is 0 Å². The number of rotatable bonds is 4. The van der Waals surface area contributed by atoms with Crippen LogP contribution in [-0.2, 0) is 17.8 Å². The van der Waals surface area contributed by atoms with Crippen molar-refractivity contribution < 1.29 is 15.0 Å². The van der Waals surface area contributed by atoms with Crippen molar-refractivity contribution >= 4 is 5.97 Å². The fourth-order valence-electron chi connectivity index (χ4n) is 1.85. The predicted octanol–water partition coefficient (Wildman–Crippen LogP) is 1.48. The fraction of sp³-hybridized carbons (Fsp3) is 0.417. The van der Waals surface area contributed by atoms with E-state index in [9.17, 15) is 9.90 Å². The van der Waals surface area contributed by atoms with Crippen LogP contribution in [0.15, 0.2) is 6.07 Å². The van der Waals surface area contributed by atoms with Gasteiger partial charge < -0.3 is 15.9 Å². The van der Waals surface area contributed by atoms with Gasteiger partial charge in [0.25, 0.3) is 0 Å². The summed E-state index contributed by atoms with van der Waals surface area (Å²) in [5.74, 6) is -0.578. The number of hydrogen-bond acceptors (Lipinski definition) is 3. The number of carboxylic acid groups (broad SMARTS) is 1. The monoisotopic (exact) mass is 223 g/mol. The van der Waals surface area contributed by atoms with Crippen LogP contribution in [0.1, 0.15) is 28.7 Å². The Labute approximate surface area is 94.7 Å². The minimum absolute atomic E-state index is 0.0800. The molecule has 0 aliphatic rings. The number of benzene rings is 1. The third-order valence-electron chi connectivity index (χ3n) is 2.77. The molecule has 16 heavy (non-hydrogen) atoms. The van der Waals surface area contributed by atoms with E-state index in [4.69, 9.17) is 10.8 Å². The first-order valence-electron chi connectivity index (χ1n) is 5.20. The summed E-state index contributed by atoms with van der Waals surface area (Å²) in [6.45, 7) is 3.91. The molecule has 1 aromatic rings. The van der Waals surface area contributed by atoms with E-state index in [0.29, 0.717) is 13.0 Å². The number of aryl methyl sites for hydroxylation is 2. The number of nitrogens with two attached hydrogens (primary N) is 1. The predicted molar refractivity (Wildman–Crippen MR) is 61.4 cm³/mol. The summed E-state index contributed by atoms with van der Waals surface area (Å²) in [7, 11) is 0. The van der Waals surface area contributed by atoms with Gasteiger partial charge in [0, 0.05) is 13.0 Å². The van der Waals surface area contributed by atoms with Crippen LogP contribution in [0, 0.1) is 13.8 Å². The van der Waals surface area contributed by atoms with Crippen molar-refractivity contribution in [3.8, 4) is 5.75 Å². The van der Waals surface area contributed by atoms with Crippen LogP contribution in [0.2, 0.25) is 0 Å². The van der Waals surface area contributed by atoms with Crippen LogP contribution in [0.4, 0.5) is 0 Å². The molecule has 4 N–H and O–H groups in total. The topological polar surface area (TPSA) is 83.5 Å². The maximum absolute atomic E-state index is 10.5. The summed E-state index contributed by atoms with van der Waals surface area (Å²) < 4.78 is 0. The molecule has 0 saturated heterocycles. The number of phenolic OH excluding ortho intramolecular Hbond substituents is 1. The molecule has 1 rings (SSSR count). The first-order chi connectivity index (χ1) is 7.47. The molecular weight excluding hydrogens is 206 g/mol. The molecule has 0 unspecified atom stereocenters. The highest BCUT2D eigenvalue weighted by molar-refractivity contribution is 5.67. The Morgan fingerprint density at radius 1 is 1.44 bits per heavy atom. The second-order valence-corrected chi connectivity index (χ2v) is 3.90. The Balaban J connectivity index is 3.12. The summed E-state index contributed by atoms with van der Waals surface area (Å²) in [6.07, 6.45) is 0.528. The van der Waals surface area contributed by atoms with E-state index in [-0.39, 0.29) is 12.2 Å². The molecule has 0 atom stereocenters. The lowest BCUT2D eigenvalue weighted by atomic mass is 9.95. The standard InChI is InChI=1S/C12H17NO3/c1-7-5-9(3-4-11(14)15)10(6-13)8(2)12(7)16/h5,16H,3-4,6,13H2,1-2H3,(H,14,15). The Morgan fingerprint density at radius 3 is 2.56 bits per heavy atom. The smallest absolute Gasteiger partial charge is 0.303 e. The van der Waals surface area contributed by atoms with Crippen molar-refractivity contribution in [2.24, 2.45) is 5.73 Å². The van der Waals surface area contributed by atoms with Crippen LogP contribution < -0.4 is 5.73 Å². The Morgan fingerprint density at radius 2 is 2.06 bits per heavy atom. The Hall–Kier alpha value is -1.55. The molecule has 0 heterocycles. The van der Waals surface area contributed by atoms with Gasteiger partial charge in [-0.1, -0.05) is 6.07 Å². The Bertz CT molecular complexity index is 413. The fourth-order valence-corrected chi connectivity index (χ4v) is 1.85. The highest BCUT2D eigenvalue weighted by atomic mass is 16.4. The summed E-state index contributed by atoms with van der Waals surface area (Å²) in [4.78, 5) is 10.5. The molecule has 1 aromatic carbocycles. The van der Waals surface area contributed by atoms with Gasteiger partial charge >= 0.3 is 5.97 Å². The van der Waals surface area contributed by atoms with Gasteiger partial charge in [0.05, 0.1) is 0 Å². The minimum Gasteiger partial charge on any atom is -0.507 e. The molecule has 0 fully saturated rings. The van der Waals surface area contributed by atoms with Gasteiger partial charge in [0.15, 0.2) is 0 Å². The van der Waals surface area contributed by atoms with Crippen LogP contribution in [0.3, 0.4) is 0 Å². The van der Waals surface area contributed by atoms with Gasteiger partial charge in [-0.05, 0) is 42.5 Å². The molecule has 0 aliphatic heterocycles. The van der Waals surface area contributed by atoms with Gasteiger partial charge in [-0.25, -0.2) is 0 Å². The van der Waals surface area contributed by atoms with Crippen LogP contribution in [0.5, 0.6) is 5.75 Å². The van der Waals surface area contributed by atoms with Crippen molar-refractivity contribution in [1.29, 1.82) is 0 Å². The van der Waals surface area contributed by atoms with Crippen molar-refractivity contribution in [3.05, 3.63) is 28.3 Å². The molecular formula is C12H17NO3. The highest BCUT2D eigenvalue weighted by Gasteiger charge is 2.12. The first kappa shape index (κ1) is 12.5. The zero-order valence-electron chi connectivity index (χ0n) is 9.58. The molecule has 0 aromatic heterocycles. The zero-order chi connectivity index (χ0) is 12.3. The highest BCUT2D eigenvalue weighted by Crippen LogP contribution is 2.28. The van der Waals surface area contributed by atoms with E-state index in [0.717, 1.165) is 22.3 Å². The molecule has 0 aliphatic carbocycles.